The zero-order valence-corrected chi connectivity index (χ0v) is 10.8. The Morgan fingerprint density at radius 2 is 2.00 bits per heavy atom. The molecule has 3 nitrogen and oxygen atoms in total. The van der Waals surface area contributed by atoms with Crippen molar-refractivity contribution in [3.05, 3.63) is 26.6 Å². The molecule has 0 radical (unpaired) electrons. The molecule has 1 heterocycles. The quantitative estimate of drug-likeness (QED) is 0.448. The van der Waals surface area contributed by atoms with Crippen LogP contribution in [0.2, 0.25) is 0 Å². The normalized spacial score (nSPS) is 11.8. The van der Waals surface area contributed by atoms with Crippen LogP contribution in [0.5, 0.6) is 0 Å². The topological polar surface area (TPSA) is 39.2 Å². The van der Waals surface area contributed by atoms with Gasteiger partial charge in [0, 0.05) is 3.57 Å². The van der Waals surface area contributed by atoms with Crippen molar-refractivity contribution in [3.8, 4) is 0 Å². The molecule has 9 heteroatoms. The van der Waals surface area contributed by atoms with Crippen LogP contribution in [0.4, 0.5) is 22.0 Å². The number of methoxy groups -OCH3 is 1. The van der Waals surface area contributed by atoms with Crippen LogP contribution in [-0.4, -0.2) is 18.1 Å². The summed E-state index contributed by atoms with van der Waals surface area (Å²) in [6, 6.07) is 0.684. The van der Waals surface area contributed by atoms with E-state index in [0.717, 1.165) is 7.11 Å². The fourth-order valence-electron chi connectivity index (χ4n) is 1.14. The zero-order chi connectivity index (χ0) is 14.1. The van der Waals surface area contributed by atoms with Gasteiger partial charge in [-0.15, -0.1) is 0 Å². The van der Waals surface area contributed by atoms with Gasteiger partial charge in [-0.2, -0.15) is 13.2 Å². The molecule has 0 aliphatic rings. The van der Waals surface area contributed by atoms with Crippen molar-refractivity contribution in [2.75, 3.05) is 7.11 Å². The van der Waals surface area contributed by atoms with Crippen molar-refractivity contribution >= 4 is 28.6 Å². The van der Waals surface area contributed by atoms with Gasteiger partial charge in [-0.3, -0.25) is 0 Å². The standard InChI is InChI=1S/C9H5F5INO2/c1-18-8(17)3-2-4(15)5(7(10)11)16-6(3)9(12,13)14/h2,7H,1H3. The molecule has 0 N–H and O–H groups in total. The minimum absolute atomic E-state index is 0.240. The maximum Gasteiger partial charge on any atom is 0.434 e. The second-order valence-corrected chi connectivity index (χ2v) is 4.20. The summed E-state index contributed by atoms with van der Waals surface area (Å²) in [5, 5.41) is 0. The molecule has 0 bridgehead atoms. The Labute approximate surface area is 111 Å². The second-order valence-electron chi connectivity index (χ2n) is 3.04. The van der Waals surface area contributed by atoms with Crippen LogP contribution in [0.1, 0.15) is 28.2 Å². The number of esters is 1. The van der Waals surface area contributed by atoms with Gasteiger partial charge in [-0.25, -0.2) is 18.6 Å². The second kappa shape index (κ2) is 5.33. The van der Waals surface area contributed by atoms with Crippen molar-refractivity contribution < 1.29 is 31.5 Å². The molecule has 0 fully saturated rings. The lowest BCUT2D eigenvalue weighted by atomic mass is 10.1. The lowest BCUT2D eigenvalue weighted by molar-refractivity contribution is -0.142. The molecule has 0 aliphatic carbocycles. The highest BCUT2D eigenvalue weighted by Gasteiger charge is 2.39. The SMILES string of the molecule is COC(=O)c1cc(I)c(C(F)F)nc1C(F)(F)F. The first-order valence-corrected chi connectivity index (χ1v) is 5.40. The summed E-state index contributed by atoms with van der Waals surface area (Å²) < 4.78 is 66.6. The van der Waals surface area contributed by atoms with Crippen LogP contribution in [0.25, 0.3) is 0 Å². The molecule has 100 valence electrons. The third-order valence-corrected chi connectivity index (χ3v) is 2.75. The van der Waals surface area contributed by atoms with Crippen molar-refractivity contribution in [1.29, 1.82) is 0 Å². The summed E-state index contributed by atoms with van der Waals surface area (Å²) in [6.45, 7) is 0. The van der Waals surface area contributed by atoms with E-state index in [4.69, 9.17) is 0 Å². The molecule has 1 rings (SSSR count). The number of alkyl halides is 5. The fraction of sp³-hybridized carbons (Fsp3) is 0.333. The Morgan fingerprint density at radius 1 is 1.44 bits per heavy atom. The van der Waals surface area contributed by atoms with Gasteiger partial charge in [-0.1, -0.05) is 0 Å². The molecule has 0 saturated heterocycles. The minimum atomic E-state index is -5.02. The van der Waals surface area contributed by atoms with E-state index in [9.17, 15) is 26.7 Å². The molecule has 18 heavy (non-hydrogen) atoms. The molecule has 0 spiro atoms. The van der Waals surface area contributed by atoms with Crippen molar-refractivity contribution in [1.82, 2.24) is 4.98 Å². The van der Waals surface area contributed by atoms with Crippen LogP contribution in [0.3, 0.4) is 0 Å². The molecular formula is C9H5F5INO2. The Kier molecular flexibility index (Phi) is 4.46. The van der Waals surface area contributed by atoms with E-state index < -0.39 is 35.5 Å². The van der Waals surface area contributed by atoms with E-state index in [1.807, 2.05) is 0 Å². The van der Waals surface area contributed by atoms with Gasteiger partial charge in [-0.05, 0) is 28.7 Å². The van der Waals surface area contributed by atoms with Crippen LogP contribution >= 0.6 is 22.6 Å². The summed E-state index contributed by atoms with van der Waals surface area (Å²) >= 11 is 1.38. The minimum Gasteiger partial charge on any atom is -0.465 e. The first-order chi connectivity index (χ1) is 8.18. The van der Waals surface area contributed by atoms with Gasteiger partial charge in [0.25, 0.3) is 6.43 Å². The van der Waals surface area contributed by atoms with E-state index >= 15 is 0 Å². The number of nitrogens with zero attached hydrogens (tertiary/aromatic N) is 1. The number of hydrogen-bond donors (Lipinski definition) is 0. The molecule has 0 aliphatic heterocycles. The van der Waals surface area contributed by atoms with Crippen LogP contribution in [0.15, 0.2) is 6.07 Å². The van der Waals surface area contributed by atoms with E-state index in [1.54, 1.807) is 0 Å². The predicted molar refractivity (Wildman–Crippen MR) is 58.3 cm³/mol. The smallest absolute Gasteiger partial charge is 0.434 e. The Bertz CT molecular complexity index is 475. The largest absolute Gasteiger partial charge is 0.465 e. The van der Waals surface area contributed by atoms with Crippen LogP contribution in [0, 0.1) is 3.57 Å². The average molecular weight is 381 g/mol. The average Bonchev–Trinajstić information content (AvgIpc) is 2.25. The van der Waals surface area contributed by atoms with Crippen LogP contribution in [-0.2, 0) is 10.9 Å². The number of aromatic nitrogens is 1. The number of rotatable bonds is 2. The first kappa shape index (κ1) is 15.1. The lowest BCUT2D eigenvalue weighted by Gasteiger charge is -2.13. The van der Waals surface area contributed by atoms with Crippen LogP contribution < -0.4 is 0 Å². The third-order valence-electron chi connectivity index (χ3n) is 1.88. The molecular weight excluding hydrogens is 376 g/mol. The van der Waals surface area contributed by atoms with Gasteiger partial charge >= 0.3 is 12.1 Å². The number of pyridine rings is 1. The molecule has 0 amide bonds. The summed E-state index contributed by atoms with van der Waals surface area (Å²) in [4.78, 5) is 14.0. The van der Waals surface area contributed by atoms with Gasteiger partial charge in [0.15, 0.2) is 5.69 Å². The number of halogens is 6. The number of carbonyl (C=O) groups is 1. The van der Waals surface area contributed by atoms with E-state index in [-0.39, 0.29) is 3.57 Å². The maximum absolute atomic E-state index is 12.6. The molecule has 0 unspecified atom stereocenters. The maximum atomic E-state index is 12.6. The molecule has 1 aromatic rings. The third kappa shape index (κ3) is 3.06. The van der Waals surface area contributed by atoms with E-state index in [1.165, 1.54) is 22.6 Å². The van der Waals surface area contributed by atoms with E-state index in [0.29, 0.717) is 6.07 Å². The number of hydrogen-bond acceptors (Lipinski definition) is 3. The Morgan fingerprint density at radius 3 is 2.39 bits per heavy atom. The summed E-state index contributed by atoms with van der Waals surface area (Å²) in [6.07, 6.45) is -8.18. The summed E-state index contributed by atoms with van der Waals surface area (Å²) in [5.74, 6) is -1.28. The molecule has 0 atom stereocenters. The Balaban J connectivity index is 3.52. The molecule has 0 saturated carbocycles. The van der Waals surface area contributed by atoms with Crippen molar-refractivity contribution in [3.63, 3.8) is 0 Å². The van der Waals surface area contributed by atoms with E-state index in [2.05, 4.69) is 9.72 Å². The molecule has 1 aromatic heterocycles. The highest BCUT2D eigenvalue weighted by molar-refractivity contribution is 14.1. The lowest BCUT2D eigenvalue weighted by Crippen LogP contribution is -2.18. The van der Waals surface area contributed by atoms with Gasteiger partial charge in [0.1, 0.15) is 5.69 Å². The Hall–Kier alpha value is -1.00. The van der Waals surface area contributed by atoms with Gasteiger partial charge in [0.05, 0.1) is 12.7 Å². The van der Waals surface area contributed by atoms with Gasteiger partial charge < -0.3 is 4.74 Å². The first-order valence-electron chi connectivity index (χ1n) is 4.32. The highest BCUT2D eigenvalue weighted by Crippen LogP contribution is 2.34. The summed E-state index contributed by atoms with van der Waals surface area (Å²) in [5.41, 5.74) is -3.58. The monoisotopic (exact) mass is 381 g/mol. The zero-order valence-electron chi connectivity index (χ0n) is 8.69. The fourth-order valence-corrected chi connectivity index (χ4v) is 1.81. The predicted octanol–water partition coefficient (Wildman–Crippen LogP) is 3.43. The molecule has 0 aromatic carbocycles. The van der Waals surface area contributed by atoms with Crippen molar-refractivity contribution in [2.45, 2.75) is 12.6 Å². The summed E-state index contributed by atoms with van der Waals surface area (Å²) in [7, 11) is 0.885. The van der Waals surface area contributed by atoms with Gasteiger partial charge in [0.2, 0.25) is 0 Å². The highest BCUT2D eigenvalue weighted by atomic mass is 127. The number of ether oxygens (including phenoxy) is 1. The number of carbonyl (C=O) groups excluding carboxylic acids is 1. The van der Waals surface area contributed by atoms with Crippen molar-refractivity contribution in [2.24, 2.45) is 0 Å².